The Balaban J connectivity index is 1.31. The third-order valence-electron chi connectivity index (χ3n) is 7.03. The van der Waals surface area contributed by atoms with E-state index in [0.29, 0.717) is 22.5 Å². The second-order valence-corrected chi connectivity index (χ2v) is 8.47. The van der Waals surface area contributed by atoms with E-state index in [0.717, 1.165) is 55.4 Å². The Labute approximate surface area is 141 Å². The predicted molar refractivity (Wildman–Crippen MR) is 88.2 cm³/mol. The van der Waals surface area contributed by atoms with Gasteiger partial charge in [0.25, 0.3) is 0 Å². The number of likely N-dealkylation sites (tertiary alicyclic amines) is 1. The van der Waals surface area contributed by atoms with Gasteiger partial charge in [0.15, 0.2) is 4.77 Å². The Morgan fingerprint density at radius 1 is 1.26 bits per heavy atom. The molecule has 23 heavy (non-hydrogen) atoms. The molecule has 2 bridgehead atoms. The number of rotatable bonds is 2. The predicted octanol–water partition coefficient (Wildman–Crippen LogP) is 2.48. The van der Waals surface area contributed by atoms with Crippen molar-refractivity contribution >= 4 is 18.1 Å². The monoisotopic (exact) mass is 332 g/mol. The molecule has 0 spiro atoms. The molecule has 0 unspecified atom stereocenters. The van der Waals surface area contributed by atoms with Crippen LogP contribution in [0.15, 0.2) is 0 Å². The Bertz CT molecular complexity index is 694. The molecular formula is C17H24N4OS. The minimum atomic E-state index is 0.320. The van der Waals surface area contributed by atoms with Gasteiger partial charge in [-0.2, -0.15) is 5.10 Å². The van der Waals surface area contributed by atoms with Crippen molar-refractivity contribution in [1.82, 2.24) is 19.7 Å². The van der Waals surface area contributed by atoms with Gasteiger partial charge in [-0.05, 0) is 68.0 Å². The molecule has 4 aliphatic rings. The molecule has 1 aromatic rings. The molecule has 0 aromatic carbocycles. The third kappa shape index (κ3) is 2.00. The number of hydrogen-bond donors (Lipinski definition) is 1. The highest BCUT2D eigenvalue weighted by atomic mass is 32.1. The molecule has 1 amide bonds. The van der Waals surface area contributed by atoms with Crippen molar-refractivity contribution in [3.05, 3.63) is 10.6 Å². The van der Waals surface area contributed by atoms with Gasteiger partial charge in [0, 0.05) is 32.0 Å². The van der Waals surface area contributed by atoms with E-state index in [4.69, 9.17) is 12.2 Å². The van der Waals surface area contributed by atoms with Gasteiger partial charge in [-0.15, -0.1) is 0 Å². The first kappa shape index (κ1) is 14.2. The highest BCUT2D eigenvalue weighted by molar-refractivity contribution is 7.71. The highest BCUT2D eigenvalue weighted by Gasteiger charge is 2.68. The number of amides is 1. The summed E-state index contributed by atoms with van der Waals surface area (Å²) in [5.74, 6) is 5.34. The summed E-state index contributed by atoms with van der Waals surface area (Å²) in [6.45, 7) is 1.74. The Morgan fingerprint density at radius 3 is 2.65 bits per heavy atom. The standard InChI is InChI=1S/C17H24N4OS/c1-20-15(18-19-17(20)23)11-3-2-6-21(8-11)16(22)14-12-9-4-5-10(7-9)13(12)14/h9-14H,2-8H2,1H3,(H,19,23)/t9-,10-,11+,12+,13+/m0/s1. The second-order valence-electron chi connectivity index (χ2n) is 8.08. The molecule has 5 rings (SSSR count). The van der Waals surface area contributed by atoms with Gasteiger partial charge in [0.05, 0.1) is 0 Å². The molecule has 4 fully saturated rings. The fraction of sp³-hybridized carbons (Fsp3) is 0.824. The molecule has 3 aliphatic carbocycles. The number of aromatic nitrogens is 3. The topological polar surface area (TPSA) is 53.9 Å². The number of hydrogen-bond acceptors (Lipinski definition) is 3. The molecule has 1 aliphatic heterocycles. The van der Waals surface area contributed by atoms with E-state index < -0.39 is 0 Å². The van der Waals surface area contributed by atoms with Gasteiger partial charge >= 0.3 is 0 Å². The van der Waals surface area contributed by atoms with Gasteiger partial charge in [-0.3, -0.25) is 9.89 Å². The molecular weight excluding hydrogens is 308 g/mol. The van der Waals surface area contributed by atoms with Crippen molar-refractivity contribution in [1.29, 1.82) is 0 Å². The molecule has 1 saturated heterocycles. The summed E-state index contributed by atoms with van der Waals surface area (Å²) in [4.78, 5) is 15.2. The lowest BCUT2D eigenvalue weighted by molar-refractivity contribution is -0.135. The van der Waals surface area contributed by atoms with Crippen molar-refractivity contribution in [3.8, 4) is 0 Å². The second kappa shape index (κ2) is 4.91. The maximum atomic E-state index is 13.0. The molecule has 1 N–H and O–H groups in total. The Kier molecular flexibility index (Phi) is 3.03. The van der Waals surface area contributed by atoms with E-state index in [1.165, 1.54) is 19.3 Å². The van der Waals surface area contributed by atoms with Crippen molar-refractivity contribution in [2.24, 2.45) is 36.6 Å². The first-order valence-corrected chi connectivity index (χ1v) is 9.46. The third-order valence-corrected chi connectivity index (χ3v) is 7.40. The summed E-state index contributed by atoms with van der Waals surface area (Å²) < 4.78 is 2.62. The average molecular weight is 332 g/mol. The van der Waals surface area contributed by atoms with Crippen LogP contribution in [0.2, 0.25) is 0 Å². The quantitative estimate of drug-likeness (QED) is 0.847. The Hall–Kier alpha value is -1.17. The number of H-pyrrole nitrogens is 1. The summed E-state index contributed by atoms with van der Waals surface area (Å²) >= 11 is 5.23. The smallest absolute Gasteiger partial charge is 0.226 e. The van der Waals surface area contributed by atoms with Crippen LogP contribution in [-0.2, 0) is 11.8 Å². The van der Waals surface area contributed by atoms with Crippen LogP contribution < -0.4 is 0 Å². The number of nitrogens with one attached hydrogen (secondary N) is 1. The molecule has 2 heterocycles. The lowest BCUT2D eigenvalue weighted by Crippen LogP contribution is -2.41. The molecule has 5 nitrogen and oxygen atoms in total. The van der Waals surface area contributed by atoms with Gasteiger partial charge in [-0.25, -0.2) is 0 Å². The summed E-state index contributed by atoms with van der Waals surface area (Å²) in [5.41, 5.74) is 0. The lowest BCUT2D eigenvalue weighted by atomic mass is 9.95. The van der Waals surface area contributed by atoms with E-state index in [1.54, 1.807) is 0 Å². The van der Waals surface area contributed by atoms with Gasteiger partial charge in [0.1, 0.15) is 5.82 Å². The van der Waals surface area contributed by atoms with Crippen LogP contribution >= 0.6 is 12.2 Å². The van der Waals surface area contributed by atoms with E-state index in [2.05, 4.69) is 15.1 Å². The van der Waals surface area contributed by atoms with Gasteiger partial charge < -0.3 is 9.47 Å². The zero-order valence-corrected chi connectivity index (χ0v) is 14.4. The average Bonchev–Trinajstić information content (AvgIpc) is 2.83. The number of carbonyl (C=O) groups is 1. The Morgan fingerprint density at radius 2 is 2.00 bits per heavy atom. The summed E-state index contributed by atoms with van der Waals surface area (Å²) in [6, 6.07) is 0. The van der Waals surface area contributed by atoms with E-state index >= 15 is 0 Å². The van der Waals surface area contributed by atoms with Gasteiger partial charge in [0.2, 0.25) is 5.91 Å². The van der Waals surface area contributed by atoms with Crippen molar-refractivity contribution in [2.75, 3.05) is 13.1 Å². The van der Waals surface area contributed by atoms with Crippen molar-refractivity contribution in [2.45, 2.75) is 38.0 Å². The SMILES string of the molecule is Cn1c([C@@H]2CCCN(C(=O)C3[C@@H]4[C@H]5CC[C@@H](C5)[C@@H]34)C2)n[nH]c1=S. The minimum Gasteiger partial charge on any atom is -0.342 e. The molecule has 1 aromatic heterocycles. The fourth-order valence-corrected chi connectivity index (χ4v) is 6.12. The fourth-order valence-electron chi connectivity index (χ4n) is 5.98. The maximum absolute atomic E-state index is 13.0. The van der Waals surface area contributed by atoms with Gasteiger partial charge in [-0.1, -0.05) is 0 Å². The maximum Gasteiger partial charge on any atom is 0.226 e. The van der Waals surface area contributed by atoms with Crippen molar-refractivity contribution in [3.63, 3.8) is 0 Å². The first-order chi connectivity index (χ1) is 11.1. The zero-order valence-electron chi connectivity index (χ0n) is 13.6. The minimum absolute atomic E-state index is 0.320. The first-order valence-electron chi connectivity index (χ1n) is 9.05. The summed E-state index contributed by atoms with van der Waals surface area (Å²) in [6.07, 6.45) is 6.34. The number of carbonyl (C=O) groups excluding carboxylic acids is 1. The number of fused-ring (bicyclic) bond motifs is 5. The molecule has 6 heteroatoms. The summed E-state index contributed by atoms with van der Waals surface area (Å²) in [7, 11) is 1.96. The van der Waals surface area contributed by atoms with Crippen LogP contribution in [0.25, 0.3) is 0 Å². The van der Waals surface area contributed by atoms with Crippen LogP contribution in [0.4, 0.5) is 0 Å². The number of aromatic amines is 1. The van der Waals surface area contributed by atoms with Crippen LogP contribution in [0.3, 0.4) is 0 Å². The van der Waals surface area contributed by atoms with Crippen LogP contribution in [0, 0.1) is 34.4 Å². The van der Waals surface area contributed by atoms with Crippen molar-refractivity contribution < 1.29 is 4.79 Å². The zero-order chi connectivity index (χ0) is 15.7. The van der Waals surface area contributed by atoms with E-state index in [-0.39, 0.29) is 0 Å². The van der Waals surface area contributed by atoms with Crippen LogP contribution in [-0.4, -0.2) is 38.7 Å². The summed E-state index contributed by atoms with van der Waals surface area (Å²) in [5, 5.41) is 7.27. The van der Waals surface area contributed by atoms with E-state index in [9.17, 15) is 4.79 Å². The lowest BCUT2D eigenvalue weighted by Gasteiger charge is -2.33. The van der Waals surface area contributed by atoms with Crippen LogP contribution in [0.1, 0.15) is 43.8 Å². The molecule has 0 radical (unpaired) electrons. The number of piperidine rings is 1. The molecule has 5 atom stereocenters. The highest BCUT2D eigenvalue weighted by Crippen LogP contribution is 2.69. The molecule has 124 valence electrons. The van der Waals surface area contributed by atoms with Crippen LogP contribution in [0.5, 0.6) is 0 Å². The molecule has 3 saturated carbocycles. The normalized spacial score (nSPS) is 41.2. The number of nitrogens with zero attached hydrogens (tertiary/aromatic N) is 3. The largest absolute Gasteiger partial charge is 0.342 e. The van der Waals surface area contributed by atoms with E-state index in [1.807, 2.05) is 11.6 Å².